The summed E-state index contributed by atoms with van der Waals surface area (Å²) in [6.45, 7) is 2.51. The normalized spacial score (nSPS) is 21.1. The minimum Gasteiger partial charge on any atom is -0.440 e. The summed E-state index contributed by atoms with van der Waals surface area (Å²) in [5.41, 5.74) is 1.58. The van der Waals surface area contributed by atoms with Gasteiger partial charge >= 0.3 is 0 Å². The number of likely N-dealkylation sites (tertiary alicyclic amines) is 1. The van der Waals surface area contributed by atoms with Crippen molar-refractivity contribution in [1.29, 1.82) is 0 Å². The number of benzene rings is 1. The number of halogens is 3. The fourth-order valence-electron chi connectivity index (χ4n) is 3.72. The molecule has 1 N–H and O–H groups in total. The minimum absolute atomic E-state index is 0. The number of nitrogens with one attached hydrogen (secondary N) is 1. The fourth-order valence-corrected chi connectivity index (χ4v) is 3.89. The van der Waals surface area contributed by atoms with E-state index in [0.717, 1.165) is 62.3 Å². The van der Waals surface area contributed by atoms with Gasteiger partial charge in [-0.15, -0.1) is 24.8 Å². The summed E-state index contributed by atoms with van der Waals surface area (Å²) in [5.74, 6) is 1.31. The lowest BCUT2D eigenvalue weighted by atomic mass is 9.95. The Morgan fingerprint density at radius 1 is 1.19 bits per heavy atom. The van der Waals surface area contributed by atoms with Crippen molar-refractivity contribution in [3.63, 3.8) is 0 Å². The highest BCUT2D eigenvalue weighted by Crippen LogP contribution is 2.31. The molecule has 0 saturated carbocycles. The molecule has 2 aliphatic rings. The number of fused-ring (bicyclic) bond motifs is 1. The monoisotopic (exact) mass is 419 g/mol. The number of oxazole rings is 1. The van der Waals surface area contributed by atoms with Gasteiger partial charge in [-0.25, -0.2) is 4.98 Å². The van der Waals surface area contributed by atoms with Crippen molar-refractivity contribution < 1.29 is 9.21 Å². The molecule has 0 bridgehead atoms. The number of piperidine rings is 2. The SMILES string of the molecule is Cl.Cl.O=C([C@H]1CCCCN1)N1CCC(c2nc3cc(Cl)ccc3o2)CC1. The van der Waals surface area contributed by atoms with Gasteiger partial charge in [0.25, 0.3) is 0 Å². The van der Waals surface area contributed by atoms with E-state index in [4.69, 9.17) is 16.0 Å². The van der Waals surface area contributed by atoms with Gasteiger partial charge in [-0.1, -0.05) is 18.0 Å². The summed E-state index contributed by atoms with van der Waals surface area (Å²) in [4.78, 5) is 19.2. The first-order valence-electron chi connectivity index (χ1n) is 8.79. The third kappa shape index (κ3) is 4.45. The van der Waals surface area contributed by atoms with Crippen LogP contribution < -0.4 is 5.32 Å². The number of hydrogen-bond acceptors (Lipinski definition) is 4. The molecule has 2 aliphatic heterocycles. The Labute approximate surface area is 170 Å². The number of nitrogens with zero attached hydrogens (tertiary/aromatic N) is 2. The predicted octanol–water partition coefficient (Wildman–Crippen LogP) is 4.17. The smallest absolute Gasteiger partial charge is 0.239 e. The van der Waals surface area contributed by atoms with Crippen molar-refractivity contribution >= 4 is 53.4 Å². The Bertz CT molecular complexity index is 738. The number of rotatable bonds is 2. The lowest BCUT2D eigenvalue weighted by molar-refractivity contribution is -0.135. The fraction of sp³-hybridized carbons (Fsp3) is 0.556. The highest BCUT2D eigenvalue weighted by Gasteiger charge is 2.31. The summed E-state index contributed by atoms with van der Waals surface area (Å²) in [7, 11) is 0. The molecule has 0 unspecified atom stereocenters. The van der Waals surface area contributed by atoms with Crippen LogP contribution in [0.25, 0.3) is 11.1 Å². The molecule has 4 rings (SSSR count). The van der Waals surface area contributed by atoms with Gasteiger partial charge in [0.2, 0.25) is 5.91 Å². The van der Waals surface area contributed by atoms with Crippen LogP contribution in [0.5, 0.6) is 0 Å². The molecule has 144 valence electrons. The predicted molar refractivity (Wildman–Crippen MR) is 108 cm³/mol. The Kier molecular flexibility index (Phi) is 7.59. The molecule has 8 heteroatoms. The summed E-state index contributed by atoms with van der Waals surface area (Å²) in [5, 5.41) is 4.02. The molecule has 2 fully saturated rings. The highest BCUT2D eigenvalue weighted by atomic mass is 35.5. The zero-order valence-corrected chi connectivity index (χ0v) is 16.8. The van der Waals surface area contributed by atoms with Gasteiger partial charge in [0.05, 0.1) is 6.04 Å². The minimum atomic E-state index is 0. The molecular formula is C18H24Cl3N3O2. The van der Waals surface area contributed by atoms with Gasteiger partial charge in [-0.05, 0) is 50.4 Å². The lowest BCUT2D eigenvalue weighted by Crippen LogP contribution is -2.50. The third-order valence-electron chi connectivity index (χ3n) is 5.13. The van der Waals surface area contributed by atoms with Crippen molar-refractivity contribution in [3.05, 3.63) is 29.1 Å². The molecule has 0 radical (unpaired) electrons. The topological polar surface area (TPSA) is 58.4 Å². The van der Waals surface area contributed by atoms with E-state index in [1.54, 1.807) is 0 Å². The van der Waals surface area contributed by atoms with Crippen LogP contribution in [-0.2, 0) is 4.79 Å². The van der Waals surface area contributed by atoms with Crippen LogP contribution in [0.15, 0.2) is 22.6 Å². The van der Waals surface area contributed by atoms with Gasteiger partial charge in [0.1, 0.15) is 5.52 Å². The van der Waals surface area contributed by atoms with Gasteiger partial charge in [0, 0.05) is 24.0 Å². The number of carbonyl (C=O) groups is 1. The summed E-state index contributed by atoms with van der Waals surface area (Å²) in [6, 6.07) is 5.53. The quantitative estimate of drug-likeness (QED) is 0.792. The molecule has 0 spiro atoms. The molecule has 1 atom stereocenters. The second-order valence-corrected chi connectivity index (χ2v) is 7.20. The second kappa shape index (κ2) is 9.27. The van der Waals surface area contributed by atoms with Crippen LogP contribution in [0.4, 0.5) is 0 Å². The Morgan fingerprint density at radius 3 is 2.65 bits per heavy atom. The maximum atomic E-state index is 12.6. The average Bonchev–Trinajstić information content (AvgIpc) is 3.05. The second-order valence-electron chi connectivity index (χ2n) is 6.77. The highest BCUT2D eigenvalue weighted by molar-refractivity contribution is 6.31. The van der Waals surface area contributed by atoms with Crippen molar-refractivity contribution in [3.8, 4) is 0 Å². The molecule has 5 nitrogen and oxygen atoms in total. The Hall–Kier alpha value is -1.01. The van der Waals surface area contributed by atoms with Gasteiger partial charge in [-0.2, -0.15) is 0 Å². The zero-order valence-electron chi connectivity index (χ0n) is 14.4. The van der Waals surface area contributed by atoms with E-state index in [-0.39, 0.29) is 42.7 Å². The summed E-state index contributed by atoms with van der Waals surface area (Å²) in [6.07, 6.45) is 5.08. The summed E-state index contributed by atoms with van der Waals surface area (Å²) < 4.78 is 5.89. The van der Waals surface area contributed by atoms with E-state index in [0.29, 0.717) is 5.02 Å². The van der Waals surface area contributed by atoms with E-state index >= 15 is 0 Å². The first-order chi connectivity index (χ1) is 11.7. The molecule has 26 heavy (non-hydrogen) atoms. The van der Waals surface area contributed by atoms with Crippen LogP contribution in [0.2, 0.25) is 5.02 Å². The average molecular weight is 421 g/mol. The molecule has 0 aliphatic carbocycles. The van der Waals surface area contributed by atoms with Crippen LogP contribution in [-0.4, -0.2) is 41.5 Å². The van der Waals surface area contributed by atoms with Crippen molar-refractivity contribution in [2.75, 3.05) is 19.6 Å². The number of amides is 1. The van der Waals surface area contributed by atoms with Gasteiger partial charge in [-0.3, -0.25) is 4.79 Å². The van der Waals surface area contributed by atoms with E-state index in [1.165, 1.54) is 6.42 Å². The van der Waals surface area contributed by atoms with Gasteiger partial charge < -0.3 is 14.6 Å². The largest absolute Gasteiger partial charge is 0.440 e. The first-order valence-corrected chi connectivity index (χ1v) is 9.16. The third-order valence-corrected chi connectivity index (χ3v) is 5.37. The van der Waals surface area contributed by atoms with Gasteiger partial charge in [0.15, 0.2) is 11.5 Å². The summed E-state index contributed by atoms with van der Waals surface area (Å²) >= 11 is 6.01. The van der Waals surface area contributed by atoms with E-state index in [1.807, 2.05) is 23.1 Å². The van der Waals surface area contributed by atoms with Crippen LogP contribution in [0.3, 0.4) is 0 Å². The van der Waals surface area contributed by atoms with Crippen LogP contribution in [0.1, 0.15) is 43.9 Å². The molecule has 2 saturated heterocycles. The van der Waals surface area contributed by atoms with Crippen LogP contribution in [0, 0.1) is 0 Å². The van der Waals surface area contributed by atoms with E-state index in [9.17, 15) is 4.79 Å². The first kappa shape index (κ1) is 21.3. The zero-order chi connectivity index (χ0) is 16.5. The molecule has 2 aromatic rings. The maximum Gasteiger partial charge on any atom is 0.239 e. The molecule has 3 heterocycles. The van der Waals surface area contributed by atoms with Crippen molar-refractivity contribution in [2.45, 2.75) is 44.1 Å². The standard InChI is InChI=1S/C18H22ClN3O2.2ClH/c19-13-4-5-16-15(11-13)21-17(24-16)12-6-9-22(10-7-12)18(23)14-3-1-2-8-20-14;;/h4-5,11-12,14,20H,1-3,6-10H2;2*1H/t14-;;/m1../s1. The number of hydrogen-bond donors (Lipinski definition) is 1. The van der Waals surface area contributed by atoms with Crippen molar-refractivity contribution in [2.24, 2.45) is 0 Å². The lowest BCUT2D eigenvalue weighted by Gasteiger charge is -2.34. The molecule has 1 aromatic heterocycles. The van der Waals surface area contributed by atoms with E-state index < -0.39 is 0 Å². The number of aromatic nitrogens is 1. The Balaban J connectivity index is 0.00000121. The van der Waals surface area contributed by atoms with E-state index in [2.05, 4.69) is 10.3 Å². The van der Waals surface area contributed by atoms with Crippen LogP contribution >= 0.6 is 36.4 Å². The Morgan fingerprint density at radius 2 is 1.96 bits per heavy atom. The molecular weight excluding hydrogens is 397 g/mol. The maximum absolute atomic E-state index is 12.6. The molecule has 1 aromatic carbocycles. The number of carbonyl (C=O) groups excluding carboxylic acids is 1. The molecule has 1 amide bonds. The van der Waals surface area contributed by atoms with Crippen molar-refractivity contribution in [1.82, 2.24) is 15.2 Å².